The highest BCUT2D eigenvalue weighted by Gasteiger charge is 2.43. The van der Waals surface area contributed by atoms with Gasteiger partial charge in [0.1, 0.15) is 30.6 Å². The van der Waals surface area contributed by atoms with Gasteiger partial charge >= 0.3 is 5.97 Å². The first-order valence-electron chi connectivity index (χ1n) is 9.32. The highest BCUT2D eigenvalue weighted by molar-refractivity contribution is 5.84. The molecular formula is C19H22N4O8. The SMILES string of the molecule is O=C(Cn1cc(-c2ccccc2)nn1)NC1C(C(O)C(O)CO)OC(C(=O)O)=C[C@H]1O. The van der Waals surface area contributed by atoms with Gasteiger partial charge in [0, 0.05) is 5.56 Å². The summed E-state index contributed by atoms with van der Waals surface area (Å²) in [5.74, 6) is -2.80. The Kier molecular flexibility index (Phi) is 6.97. The number of benzene rings is 1. The number of ether oxygens (including phenoxy) is 1. The number of rotatable bonds is 8. The van der Waals surface area contributed by atoms with Crippen LogP contribution in [0.5, 0.6) is 0 Å². The molecule has 1 aromatic heterocycles. The van der Waals surface area contributed by atoms with Gasteiger partial charge in [0.25, 0.3) is 0 Å². The van der Waals surface area contributed by atoms with E-state index in [1.165, 1.54) is 4.68 Å². The van der Waals surface area contributed by atoms with Crippen LogP contribution in [-0.2, 0) is 20.9 Å². The number of amides is 1. The number of hydrogen-bond donors (Lipinski definition) is 6. The summed E-state index contributed by atoms with van der Waals surface area (Å²) in [6.07, 6.45) is -4.13. The van der Waals surface area contributed by atoms with Gasteiger partial charge in [-0.1, -0.05) is 35.5 Å². The lowest BCUT2D eigenvalue weighted by molar-refractivity contribution is -0.149. The molecule has 0 spiro atoms. The van der Waals surface area contributed by atoms with Crippen LogP contribution in [0.3, 0.4) is 0 Å². The Hall–Kier alpha value is -3.32. The minimum atomic E-state index is -1.79. The van der Waals surface area contributed by atoms with Gasteiger partial charge in [-0.2, -0.15) is 0 Å². The van der Waals surface area contributed by atoms with Gasteiger partial charge in [0.15, 0.2) is 6.10 Å². The zero-order valence-corrected chi connectivity index (χ0v) is 16.1. The molecule has 0 saturated heterocycles. The van der Waals surface area contributed by atoms with Gasteiger partial charge in [0.05, 0.1) is 18.8 Å². The Morgan fingerprint density at radius 2 is 1.94 bits per heavy atom. The van der Waals surface area contributed by atoms with Gasteiger partial charge in [-0.15, -0.1) is 5.10 Å². The zero-order chi connectivity index (χ0) is 22.5. The number of aliphatic carboxylic acids is 1. The summed E-state index contributed by atoms with van der Waals surface area (Å²) in [5, 5.41) is 58.7. The minimum Gasteiger partial charge on any atom is -0.478 e. The molecule has 12 heteroatoms. The van der Waals surface area contributed by atoms with E-state index in [0.29, 0.717) is 5.69 Å². The smallest absolute Gasteiger partial charge is 0.370 e. The third kappa shape index (κ3) is 5.24. The van der Waals surface area contributed by atoms with Crippen LogP contribution in [0.2, 0.25) is 0 Å². The molecule has 0 fully saturated rings. The van der Waals surface area contributed by atoms with E-state index < -0.39 is 54.7 Å². The summed E-state index contributed by atoms with van der Waals surface area (Å²) in [7, 11) is 0. The Morgan fingerprint density at radius 1 is 1.23 bits per heavy atom. The van der Waals surface area contributed by atoms with E-state index in [9.17, 15) is 24.9 Å². The van der Waals surface area contributed by atoms with E-state index >= 15 is 0 Å². The molecule has 1 aromatic carbocycles. The highest BCUT2D eigenvalue weighted by Crippen LogP contribution is 2.23. The molecule has 0 aliphatic carbocycles. The van der Waals surface area contributed by atoms with Crippen molar-refractivity contribution >= 4 is 11.9 Å². The molecule has 1 aliphatic heterocycles. The zero-order valence-electron chi connectivity index (χ0n) is 16.1. The molecule has 0 bridgehead atoms. The lowest BCUT2D eigenvalue weighted by atomic mass is 9.94. The Balaban J connectivity index is 1.73. The van der Waals surface area contributed by atoms with Crippen molar-refractivity contribution in [3.63, 3.8) is 0 Å². The summed E-state index contributed by atoms with van der Waals surface area (Å²) < 4.78 is 6.42. The van der Waals surface area contributed by atoms with E-state index in [0.717, 1.165) is 11.6 Å². The van der Waals surface area contributed by atoms with E-state index in [4.69, 9.17) is 14.9 Å². The maximum Gasteiger partial charge on any atom is 0.370 e. The molecule has 6 N–H and O–H groups in total. The number of aliphatic hydroxyl groups is 4. The topological polar surface area (TPSA) is 187 Å². The van der Waals surface area contributed by atoms with Crippen LogP contribution in [0.1, 0.15) is 0 Å². The van der Waals surface area contributed by atoms with Crippen LogP contribution in [0.25, 0.3) is 11.3 Å². The molecule has 3 rings (SSSR count). The van der Waals surface area contributed by atoms with Crippen LogP contribution in [-0.4, -0.2) is 89.5 Å². The summed E-state index contributed by atoms with van der Waals surface area (Å²) >= 11 is 0. The maximum absolute atomic E-state index is 12.5. The van der Waals surface area contributed by atoms with E-state index in [-0.39, 0.29) is 6.54 Å². The quantitative estimate of drug-likeness (QED) is 0.268. The summed E-state index contributed by atoms with van der Waals surface area (Å²) in [5.41, 5.74) is 1.35. The van der Waals surface area contributed by atoms with Crippen LogP contribution in [0, 0.1) is 0 Å². The summed E-state index contributed by atoms with van der Waals surface area (Å²) in [6, 6.07) is 7.86. The van der Waals surface area contributed by atoms with E-state index in [2.05, 4.69) is 15.6 Å². The van der Waals surface area contributed by atoms with Crippen LogP contribution in [0.15, 0.2) is 48.4 Å². The predicted octanol–water partition coefficient (Wildman–Crippen LogP) is -2.13. The summed E-state index contributed by atoms with van der Waals surface area (Å²) in [4.78, 5) is 23.7. The Bertz CT molecular complexity index is 947. The predicted molar refractivity (Wildman–Crippen MR) is 103 cm³/mol. The number of nitrogens with one attached hydrogen (secondary N) is 1. The van der Waals surface area contributed by atoms with Crippen LogP contribution < -0.4 is 5.32 Å². The fourth-order valence-corrected chi connectivity index (χ4v) is 3.11. The average Bonchev–Trinajstić information content (AvgIpc) is 3.22. The van der Waals surface area contributed by atoms with E-state index in [1.807, 2.05) is 30.3 Å². The van der Waals surface area contributed by atoms with Crippen molar-refractivity contribution in [3.8, 4) is 11.3 Å². The van der Waals surface area contributed by atoms with Crippen molar-refractivity contribution in [2.75, 3.05) is 6.61 Å². The molecule has 2 heterocycles. The van der Waals surface area contributed by atoms with Crippen LogP contribution in [0.4, 0.5) is 0 Å². The average molecular weight is 434 g/mol. The summed E-state index contributed by atoms with van der Waals surface area (Å²) in [6.45, 7) is -1.13. The number of carboxylic acid groups (broad SMARTS) is 1. The number of aromatic nitrogens is 3. The molecule has 2 aromatic rings. The molecule has 166 valence electrons. The second-order valence-electron chi connectivity index (χ2n) is 6.91. The molecule has 12 nitrogen and oxygen atoms in total. The molecule has 0 radical (unpaired) electrons. The number of aliphatic hydroxyl groups excluding tert-OH is 4. The minimum absolute atomic E-state index is 0.288. The second kappa shape index (κ2) is 9.66. The van der Waals surface area contributed by atoms with Gasteiger partial charge in [-0.3, -0.25) is 4.79 Å². The fraction of sp³-hybridized carbons (Fsp3) is 0.368. The lowest BCUT2D eigenvalue weighted by Gasteiger charge is -2.38. The first-order chi connectivity index (χ1) is 14.8. The fourth-order valence-electron chi connectivity index (χ4n) is 3.11. The van der Waals surface area contributed by atoms with E-state index in [1.54, 1.807) is 6.20 Å². The van der Waals surface area contributed by atoms with Crippen molar-refractivity contribution in [2.45, 2.75) is 37.0 Å². The van der Waals surface area contributed by atoms with Crippen LogP contribution >= 0.6 is 0 Å². The molecule has 31 heavy (non-hydrogen) atoms. The third-order valence-corrected chi connectivity index (χ3v) is 4.68. The molecule has 4 unspecified atom stereocenters. The van der Waals surface area contributed by atoms with Crippen molar-refractivity contribution in [1.82, 2.24) is 20.3 Å². The molecule has 5 atom stereocenters. The third-order valence-electron chi connectivity index (χ3n) is 4.68. The van der Waals surface area contributed by atoms with Gasteiger partial charge < -0.3 is 35.6 Å². The Morgan fingerprint density at radius 3 is 2.58 bits per heavy atom. The molecule has 1 aliphatic rings. The number of carbonyl (C=O) groups excluding carboxylic acids is 1. The monoisotopic (exact) mass is 434 g/mol. The first kappa shape index (κ1) is 22.4. The Labute approximate surface area is 176 Å². The molecule has 1 amide bonds. The maximum atomic E-state index is 12.5. The highest BCUT2D eigenvalue weighted by atomic mass is 16.5. The van der Waals surface area contributed by atoms with Crippen molar-refractivity contribution in [1.29, 1.82) is 0 Å². The van der Waals surface area contributed by atoms with Crippen molar-refractivity contribution < 1.29 is 39.9 Å². The second-order valence-corrected chi connectivity index (χ2v) is 6.91. The first-order valence-corrected chi connectivity index (χ1v) is 9.32. The molecule has 0 saturated carbocycles. The van der Waals surface area contributed by atoms with Crippen molar-refractivity contribution in [3.05, 3.63) is 48.4 Å². The number of carboxylic acids is 1. The lowest BCUT2D eigenvalue weighted by Crippen LogP contribution is -2.60. The number of carbonyl (C=O) groups is 2. The standard InChI is InChI=1S/C19H22N4O8/c24-9-13(26)17(28)18-16(12(25)6-14(31-18)19(29)30)20-15(27)8-23-7-11(21-22-23)10-4-2-1-3-5-10/h1-7,12-13,16-18,24-26,28H,8-9H2,(H,20,27)(H,29,30)/t12-,13?,16?,17?,18?/m1/s1. The van der Waals surface area contributed by atoms with Gasteiger partial charge in [-0.25, -0.2) is 9.48 Å². The number of hydrogen-bond acceptors (Lipinski definition) is 9. The normalized spacial score (nSPS) is 22.7. The number of nitrogens with zero attached hydrogens (tertiary/aromatic N) is 3. The van der Waals surface area contributed by atoms with Gasteiger partial charge in [0.2, 0.25) is 11.7 Å². The molecular weight excluding hydrogens is 412 g/mol. The van der Waals surface area contributed by atoms with Crippen molar-refractivity contribution in [2.24, 2.45) is 0 Å². The van der Waals surface area contributed by atoms with Gasteiger partial charge in [-0.05, 0) is 6.08 Å². The largest absolute Gasteiger partial charge is 0.478 e.